The Bertz CT molecular complexity index is 569. The van der Waals surface area contributed by atoms with Crippen molar-refractivity contribution in [1.82, 2.24) is 0 Å². The van der Waals surface area contributed by atoms with Crippen molar-refractivity contribution in [2.75, 3.05) is 19.0 Å². The Morgan fingerprint density at radius 2 is 2.10 bits per heavy atom. The Morgan fingerprint density at radius 1 is 1.29 bits per heavy atom. The van der Waals surface area contributed by atoms with Gasteiger partial charge >= 0.3 is 5.97 Å². The summed E-state index contributed by atoms with van der Waals surface area (Å²) in [4.78, 5) is 12.9. The van der Waals surface area contributed by atoms with Gasteiger partial charge in [-0.25, -0.2) is 0 Å². The molecular weight excluding hydrogens is 286 g/mol. The maximum Gasteiger partial charge on any atom is 0.308 e. The van der Waals surface area contributed by atoms with E-state index in [-0.39, 0.29) is 18.4 Å². The first-order chi connectivity index (χ1) is 10.2. The molecule has 0 saturated heterocycles. The van der Waals surface area contributed by atoms with Crippen LogP contribution in [0, 0.1) is 0 Å². The van der Waals surface area contributed by atoms with Gasteiger partial charge in [0.25, 0.3) is 0 Å². The van der Waals surface area contributed by atoms with Crippen LogP contribution in [0.15, 0.2) is 41.8 Å². The standard InChI is InChI=1S/C16H19NO3S/c1-3-20-16(18)11-13(15-9-6-10-21-15)17-12-7-4-5-8-14(12)19-2/h4-10,13,17H,3,11H2,1-2H3/t13-/m1/s1. The van der Waals surface area contributed by atoms with Crippen LogP contribution in [0.3, 0.4) is 0 Å². The number of nitrogens with one attached hydrogen (secondary N) is 1. The van der Waals surface area contributed by atoms with Gasteiger partial charge in [0, 0.05) is 4.88 Å². The molecule has 1 aromatic heterocycles. The highest BCUT2D eigenvalue weighted by Gasteiger charge is 2.19. The number of carbonyl (C=O) groups is 1. The quantitative estimate of drug-likeness (QED) is 0.789. The van der Waals surface area contributed by atoms with E-state index in [1.165, 1.54) is 0 Å². The van der Waals surface area contributed by atoms with Crippen molar-refractivity contribution in [2.45, 2.75) is 19.4 Å². The van der Waals surface area contributed by atoms with Crippen LogP contribution in [-0.4, -0.2) is 19.7 Å². The molecule has 21 heavy (non-hydrogen) atoms. The Morgan fingerprint density at radius 3 is 2.76 bits per heavy atom. The molecule has 5 heteroatoms. The van der Waals surface area contributed by atoms with E-state index in [2.05, 4.69) is 5.32 Å². The highest BCUT2D eigenvalue weighted by atomic mass is 32.1. The summed E-state index contributed by atoms with van der Waals surface area (Å²) in [7, 11) is 1.63. The summed E-state index contributed by atoms with van der Waals surface area (Å²) in [5.41, 5.74) is 0.864. The van der Waals surface area contributed by atoms with E-state index in [4.69, 9.17) is 9.47 Å². The second-order valence-electron chi connectivity index (χ2n) is 4.42. The SMILES string of the molecule is CCOC(=O)C[C@@H](Nc1ccccc1OC)c1cccs1. The number of hydrogen-bond acceptors (Lipinski definition) is 5. The fraction of sp³-hybridized carbons (Fsp3) is 0.312. The van der Waals surface area contributed by atoms with Gasteiger partial charge < -0.3 is 14.8 Å². The molecule has 1 atom stereocenters. The van der Waals surface area contributed by atoms with Gasteiger partial charge in [-0.1, -0.05) is 18.2 Å². The lowest BCUT2D eigenvalue weighted by atomic mass is 10.1. The Hall–Kier alpha value is -2.01. The van der Waals surface area contributed by atoms with E-state index >= 15 is 0 Å². The molecule has 0 aliphatic carbocycles. The lowest BCUT2D eigenvalue weighted by molar-refractivity contribution is -0.143. The maximum absolute atomic E-state index is 11.8. The van der Waals surface area contributed by atoms with Gasteiger partial charge in [0.15, 0.2) is 0 Å². The van der Waals surface area contributed by atoms with Crippen LogP contribution in [0.4, 0.5) is 5.69 Å². The smallest absolute Gasteiger partial charge is 0.308 e. The van der Waals surface area contributed by atoms with Crippen LogP contribution in [0.1, 0.15) is 24.3 Å². The molecule has 0 bridgehead atoms. The predicted molar refractivity (Wildman–Crippen MR) is 84.9 cm³/mol. The summed E-state index contributed by atoms with van der Waals surface area (Å²) in [6.45, 7) is 2.20. The minimum Gasteiger partial charge on any atom is -0.495 e. The van der Waals surface area contributed by atoms with Gasteiger partial charge in [0.05, 0.1) is 31.9 Å². The number of carbonyl (C=O) groups excluding carboxylic acids is 1. The van der Waals surface area contributed by atoms with Gasteiger partial charge in [-0.05, 0) is 30.5 Å². The average molecular weight is 305 g/mol. The molecule has 0 unspecified atom stereocenters. The first kappa shape index (κ1) is 15.4. The molecule has 1 N–H and O–H groups in total. The number of hydrogen-bond donors (Lipinski definition) is 1. The zero-order valence-corrected chi connectivity index (χ0v) is 13.0. The topological polar surface area (TPSA) is 47.6 Å². The van der Waals surface area contributed by atoms with E-state index in [9.17, 15) is 4.79 Å². The molecule has 2 rings (SSSR count). The maximum atomic E-state index is 11.8. The number of rotatable bonds is 7. The monoisotopic (exact) mass is 305 g/mol. The van der Waals surface area contributed by atoms with E-state index in [1.807, 2.05) is 48.7 Å². The second-order valence-corrected chi connectivity index (χ2v) is 5.40. The molecule has 0 radical (unpaired) electrons. The van der Waals surface area contributed by atoms with Crippen LogP contribution in [0.25, 0.3) is 0 Å². The van der Waals surface area contributed by atoms with E-state index in [0.29, 0.717) is 6.61 Å². The lowest BCUT2D eigenvalue weighted by Crippen LogP contribution is -2.16. The Labute approximate surface area is 128 Å². The predicted octanol–water partition coefficient (Wildman–Crippen LogP) is 3.86. The molecule has 0 spiro atoms. The molecule has 2 aromatic rings. The number of esters is 1. The molecular formula is C16H19NO3S. The van der Waals surface area contributed by atoms with E-state index < -0.39 is 0 Å². The van der Waals surface area contributed by atoms with Gasteiger partial charge in [-0.2, -0.15) is 0 Å². The Kier molecular flexibility index (Phi) is 5.63. The third kappa shape index (κ3) is 4.23. The van der Waals surface area contributed by atoms with Gasteiger partial charge in [-0.3, -0.25) is 4.79 Å². The lowest BCUT2D eigenvalue weighted by Gasteiger charge is -2.19. The van der Waals surface area contributed by atoms with Crippen molar-refractivity contribution >= 4 is 23.0 Å². The zero-order chi connectivity index (χ0) is 15.1. The third-order valence-electron chi connectivity index (χ3n) is 3.00. The third-order valence-corrected chi connectivity index (χ3v) is 3.99. The summed E-state index contributed by atoms with van der Waals surface area (Å²) in [6, 6.07) is 11.5. The summed E-state index contributed by atoms with van der Waals surface area (Å²) in [6.07, 6.45) is 0.284. The normalized spacial score (nSPS) is 11.7. The molecule has 4 nitrogen and oxygen atoms in total. The fourth-order valence-corrected chi connectivity index (χ4v) is 2.83. The first-order valence-corrected chi connectivity index (χ1v) is 7.71. The number of para-hydroxylation sites is 2. The number of thiophene rings is 1. The van der Waals surface area contributed by atoms with Crippen molar-refractivity contribution in [2.24, 2.45) is 0 Å². The Balaban J connectivity index is 2.18. The van der Waals surface area contributed by atoms with Crippen LogP contribution >= 0.6 is 11.3 Å². The van der Waals surface area contributed by atoms with Crippen LogP contribution < -0.4 is 10.1 Å². The molecule has 0 aliphatic rings. The number of methoxy groups -OCH3 is 1. The van der Waals surface area contributed by atoms with Crippen molar-refractivity contribution in [3.8, 4) is 5.75 Å². The number of ether oxygens (including phenoxy) is 2. The van der Waals surface area contributed by atoms with Gasteiger partial charge in [0.1, 0.15) is 5.75 Å². The summed E-state index contributed by atoms with van der Waals surface area (Å²) >= 11 is 1.61. The summed E-state index contributed by atoms with van der Waals surface area (Å²) < 4.78 is 10.4. The van der Waals surface area contributed by atoms with Gasteiger partial charge in [0.2, 0.25) is 0 Å². The molecule has 0 saturated carbocycles. The zero-order valence-electron chi connectivity index (χ0n) is 12.2. The van der Waals surface area contributed by atoms with Crippen molar-refractivity contribution in [3.05, 3.63) is 46.7 Å². The van der Waals surface area contributed by atoms with Crippen molar-refractivity contribution < 1.29 is 14.3 Å². The number of benzene rings is 1. The number of anilines is 1. The van der Waals surface area contributed by atoms with E-state index in [1.54, 1.807) is 18.4 Å². The average Bonchev–Trinajstić information content (AvgIpc) is 3.01. The van der Waals surface area contributed by atoms with Crippen molar-refractivity contribution in [1.29, 1.82) is 0 Å². The fourth-order valence-electron chi connectivity index (χ4n) is 2.05. The first-order valence-electron chi connectivity index (χ1n) is 6.83. The van der Waals surface area contributed by atoms with Gasteiger partial charge in [-0.15, -0.1) is 11.3 Å². The molecule has 0 amide bonds. The van der Waals surface area contributed by atoms with Crippen molar-refractivity contribution in [3.63, 3.8) is 0 Å². The van der Waals surface area contributed by atoms with Crippen LogP contribution in [0.5, 0.6) is 5.75 Å². The largest absolute Gasteiger partial charge is 0.495 e. The molecule has 112 valence electrons. The summed E-state index contributed by atoms with van der Waals surface area (Å²) in [5, 5.41) is 5.37. The second kappa shape index (κ2) is 7.69. The minimum atomic E-state index is -0.210. The molecule has 1 aromatic carbocycles. The highest BCUT2D eigenvalue weighted by molar-refractivity contribution is 7.10. The van der Waals surface area contributed by atoms with Crippen LogP contribution in [0.2, 0.25) is 0 Å². The van der Waals surface area contributed by atoms with Crippen LogP contribution in [-0.2, 0) is 9.53 Å². The molecule has 0 fully saturated rings. The summed E-state index contributed by atoms with van der Waals surface area (Å²) in [5.74, 6) is 0.543. The molecule has 1 heterocycles. The highest BCUT2D eigenvalue weighted by Crippen LogP contribution is 2.31. The van der Waals surface area contributed by atoms with E-state index in [0.717, 1.165) is 16.3 Å². The molecule has 0 aliphatic heterocycles. The minimum absolute atomic E-state index is 0.125.